The number of guanidine groups is 1. The van der Waals surface area contributed by atoms with E-state index in [1.807, 2.05) is 36.0 Å². The molecule has 33 heavy (non-hydrogen) atoms. The molecule has 2 aromatic carbocycles. The Balaban J connectivity index is 0.00000385. The van der Waals surface area contributed by atoms with Crippen LogP contribution in [0.15, 0.2) is 65.9 Å². The van der Waals surface area contributed by atoms with Gasteiger partial charge in [0.15, 0.2) is 5.96 Å². The van der Waals surface area contributed by atoms with Crippen molar-refractivity contribution in [2.45, 2.75) is 26.1 Å². The number of halogens is 1. The second kappa shape index (κ2) is 13.7. The van der Waals surface area contributed by atoms with Crippen LogP contribution in [0.4, 0.5) is 0 Å². The van der Waals surface area contributed by atoms with Gasteiger partial charge in [-0.2, -0.15) is 5.10 Å². The molecule has 0 aliphatic heterocycles. The predicted octanol–water partition coefficient (Wildman–Crippen LogP) is 3.36. The lowest BCUT2D eigenvalue weighted by atomic mass is 10.1. The predicted molar refractivity (Wildman–Crippen MR) is 141 cm³/mol. The molecule has 3 N–H and O–H groups in total. The molecule has 0 aliphatic carbocycles. The normalized spacial score (nSPS) is 11.9. The minimum atomic E-state index is -0.795. The Morgan fingerprint density at radius 2 is 1.88 bits per heavy atom. The fourth-order valence-electron chi connectivity index (χ4n) is 3.34. The standard InChI is InChI=1S/C24H31N5O3.HI/c1-4-25-24(27-16-22(30)21-14-20(31-2)10-11-23(21)32-3)26-15-18-8-5-6-9-19(18)17-29-13-7-12-28-29;/h5-14,22,30H,4,15-17H2,1-3H3,(H2,25,26,27);1H. The van der Waals surface area contributed by atoms with Gasteiger partial charge < -0.3 is 25.2 Å². The second-order valence-electron chi connectivity index (χ2n) is 7.17. The highest BCUT2D eigenvalue weighted by Crippen LogP contribution is 2.29. The molecule has 0 saturated carbocycles. The van der Waals surface area contributed by atoms with Crippen molar-refractivity contribution in [1.82, 2.24) is 20.4 Å². The number of hydrogen-bond acceptors (Lipinski definition) is 5. The maximum Gasteiger partial charge on any atom is 0.191 e. The Morgan fingerprint density at radius 3 is 2.55 bits per heavy atom. The van der Waals surface area contributed by atoms with E-state index < -0.39 is 6.10 Å². The molecule has 1 aromatic heterocycles. The summed E-state index contributed by atoms with van der Waals surface area (Å²) >= 11 is 0. The van der Waals surface area contributed by atoms with Crippen molar-refractivity contribution in [1.29, 1.82) is 0 Å². The minimum Gasteiger partial charge on any atom is -0.497 e. The van der Waals surface area contributed by atoms with Gasteiger partial charge in [0.25, 0.3) is 0 Å². The summed E-state index contributed by atoms with van der Waals surface area (Å²) in [5, 5.41) is 21.5. The molecule has 1 unspecified atom stereocenters. The summed E-state index contributed by atoms with van der Waals surface area (Å²) in [5.74, 6) is 1.89. The average Bonchev–Trinajstić information content (AvgIpc) is 3.34. The monoisotopic (exact) mass is 565 g/mol. The van der Waals surface area contributed by atoms with E-state index in [0.717, 1.165) is 11.1 Å². The van der Waals surface area contributed by atoms with E-state index in [-0.39, 0.29) is 30.5 Å². The quantitative estimate of drug-likeness (QED) is 0.199. The third-order valence-corrected chi connectivity index (χ3v) is 5.02. The first-order valence-electron chi connectivity index (χ1n) is 10.6. The molecule has 3 aromatic rings. The van der Waals surface area contributed by atoms with Gasteiger partial charge in [0.1, 0.15) is 11.5 Å². The van der Waals surface area contributed by atoms with Crippen LogP contribution in [0.3, 0.4) is 0 Å². The van der Waals surface area contributed by atoms with Crippen molar-refractivity contribution in [2.24, 2.45) is 4.99 Å². The Hall–Kier alpha value is -2.79. The van der Waals surface area contributed by atoms with Crippen molar-refractivity contribution in [3.8, 4) is 11.5 Å². The van der Waals surface area contributed by atoms with E-state index in [1.54, 1.807) is 38.6 Å². The van der Waals surface area contributed by atoms with Crippen LogP contribution in [0, 0.1) is 0 Å². The summed E-state index contributed by atoms with van der Waals surface area (Å²) in [6.45, 7) is 4.18. The van der Waals surface area contributed by atoms with Crippen molar-refractivity contribution in [3.05, 3.63) is 77.6 Å². The summed E-state index contributed by atoms with van der Waals surface area (Å²) < 4.78 is 12.6. The minimum absolute atomic E-state index is 0. The Morgan fingerprint density at radius 1 is 1.09 bits per heavy atom. The molecule has 8 nitrogen and oxygen atoms in total. The zero-order chi connectivity index (χ0) is 22.8. The Labute approximate surface area is 212 Å². The van der Waals surface area contributed by atoms with E-state index in [2.05, 4.69) is 27.9 Å². The molecule has 0 fully saturated rings. The van der Waals surface area contributed by atoms with Crippen LogP contribution in [0.25, 0.3) is 0 Å². The number of ether oxygens (including phenoxy) is 2. The van der Waals surface area contributed by atoms with Crippen LogP contribution in [0.1, 0.15) is 29.7 Å². The summed E-state index contributed by atoms with van der Waals surface area (Å²) in [6, 6.07) is 15.5. The van der Waals surface area contributed by atoms with Crippen LogP contribution in [-0.4, -0.2) is 48.2 Å². The number of benzene rings is 2. The maximum atomic E-state index is 10.8. The third kappa shape index (κ3) is 7.64. The molecular formula is C24H32IN5O3. The molecule has 1 heterocycles. The lowest BCUT2D eigenvalue weighted by Crippen LogP contribution is -2.39. The molecule has 0 aliphatic rings. The number of nitrogens with one attached hydrogen (secondary N) is 2. The molecule has 0 spiro atoms. The summed E-state index contributed by atoms with van der Waals surface area (Å²) in [6.07, 6.45) is 2.92. The Bertz CT molecular complexity index is 1010. The first-order valence-corrected chi connectivity index (χ1v) is 10.6. The van der Waals surface area contributed by atoms with E-state index >= 15 is 0 Å². The van der Waals surface area contributed by atoms with Gasteiger partial charge in [0, 0.05) is 31.0 Å². The number of aliphatic hydroxyl groups is 1. The average molecular weight is 565 g/mol. The van der Waals surface area contributed by atoms with Crippen molar-refractivity contribution < 1.29 is 14.6 Å². The van der Waals surface area contributed by atoms with Crippen LogP contribution < -0.4 is 20.1 Å². The zero-order valence-corrected chi connectivity index (χ0v) is 21.5. The summed E-state index contributed by atoms with van der Waals surface area (Å²) in [4.78, 5) is 4.71. The molecule has 0 amide bonds. The highest BCUT2D eigenvalue weighted by atomic mass is 127. The topological polar surface area (TPSA) is 92.9 Å². The number of methoxy groups -OCH3 is 2. The highest BCUT2D eigenvalue weighted by molar-refractivity contribution is 14.0. The van der Waals surface area contributed by atoms with Crippen molar-refractivity contribution in [3.63, 3.8) is 0 Å². The number of hydrogen-bond donors (Lipinski definition) is 3. The first-order chi connectivity index (χ1) is 15.6. The van der Waals surface area contributed by atoms with Gasteiger partial charge >= 0.3 is 0 Å². The first kappa shape index (κ1) is 26.5. The maximum absolute atomic E-state index is 10.8. The molecule has 178 valence electrons. The van der Waals surface area contributed by atoms with Crippen molar-refractivity contribution in [2.75, 3.05) is 27.3 Å². The fraction of sp³-hybridized carbons (Fsp3) is 0.333. The number of aromatic nitrogens is 2. The smallest absolute Gasteiger partial charge is 0.191 e. The lowest BCUT2D eigenvalue weighted by Gasteiger charge is -2.18. The number of nitrogens with zero attached hydrogens (tertiary/aromatic N) is 3. The van der Waals surface area contributed by atoms with Crippen LogP contribution in [-0.2, 0) is 13.1 Å². The van der Waals surface area contributed by atoms with Gasteiger partial charge in [0.05, 0.1) is 33.4 Å². The molecule has 3 rings (SSSR count). The molecular weight excluding hydrogens is 533 g/mol. The largest absolute Gasteiger partial charge is 0.497 e. The van der Waals surface area contributed by atoms with Crippen LogP contribution in [0.5, 0.6) is 11.5 Å². The molecule has 0 saturated heterocycles. The van der Waals surface area contributed by atoms with E-state index in [9.17, 15) is 5.11 Å². The van der Waals surface area contributed by atoms with Gasteiger partial charge in [-0.05, 0) is 42.3 Å². The summed E-state index contributed by atoms with van der Waals surface area (Å²) in [5.41, 5.74) is 2.94. The van der Waals surface area contributed by atoms with Crippen LogP contribution >= 0.6 is 24.0 Å². The molecule has 0 radical (unpaired) electrons. The SMILES string of the molecule is CCNC(=NCc1ccccc1Cn1cccn1)NCC(O)c1cc(OC)ccc1OC.I. The van der Waals surface area contributed by atoms with Gasteiger partial charge in [-0.25, -0.2) is 4.99 Å². The lowest BCUT2D eigenvalue weighted by molar-refractivity contribution is 0.176. The third-order valence-electron chi connectivity index (χ3n) is 5.02. The van der Waals surface area contributed by atoms with E-state index in [1.165, 1.54) is 0 Å². The van der Waals surface area contributed by atoms with E-state index in [0.29, 0.717) is 42.7 Å². The highest BCUT2D eigenvalue weighted by Gasteiger charge is 2.15. The van der Waals surface area contributed by atoms with Crippen molar-refractivity contribution >= 4 is 29.9 Å². The number of aliphatic imine (C=N–C) groups is 1. The summed E-state index contributed by atoms with van der Waals surface area (Å²) in [7, 11) is 3.17. The van der Waals surface area contributed by atoms with Crippen LogP contribution in [0.2, 0.25) is 0 Å². The Kier molecular flexibility index (Phi) is 11.0. The number of rotatable bonds is 10. The van der Waals surface area contributed by atoms with Gasteiger partial charge in [-0.1, -0.05) is 24.3 Å². The second-order valence-corrected chi connectivity index (χ2v) is 7.17. The molecule has 1 atom stereocenters. The molecule has 9 heteroatoms. The number of aliphatic hydroxyl groups excluding tert-OH is 1. The molecule has 0 bridgehead atoms. The van der Waals surface area contributed by atoms with Gasteiger partial charge in [-0.3, -0.25) is 4.68 Å². The fourth-order valence-corrected chi connectivity index (χ4v) is 3.34. The van der Waals surface area contributed by atoms with Gasteiger partial charge in [-0.15, -0.1) is 24.0 Å². The van der Waals surface area contributed by atoms with Gasteiger partial charge in [0.2, 0.25) is 0 Å². The zero-order valence-electron chi connectivity index (χ0n) is 19.2. The van der Waals surface area contributed by atoms with E-state index in [4.69, 9.17) is 14.5 Å².